The van der Waals surface area contributed by atoms with Crippen LogP contribution in [0.15, 0.2) is 36.7 Å². The number of aryl methyl sites for hydroxylation is 3. The summed E-state index contributed by atoms with van der Waals surface area (Å²) in [7, 11) is 0. The van der Waals surface area contributed by atoms with Crippen molar-refractivity contribution in [2.75, 3.05) is 5.32 Å². The third kappa shape index (κ3) is 4.32. The van der Waals surface area contributed by atoms with E-state index in [4.69, 9.17) is 10.1 Å². The Balaban J connectivity index is 1.54. The molecule has 4 heteroatoms. The Morgan fingerprint density at radius 2 is 1.94 bits per heavy atom. The Kier molecular flexibility index (Phi) is 5.19. The number of rotatable bonds is 6. The fraction of sp³-hybridized carbons (Fsp3) is 0.517. The SMILES string of the molecule is C=C(Nc1nn(CCC(C)(C)C)c2ncc(-c3cc(C)c4c(c3)CCC4)cc12)C1CC1(C)C. The molecule has 1 atom stereocenters. The fourth-order valence-electron chi connectivity index (χ4n) is 5.30. The average Bonchev–Trinajstić information content (AvgIpc) is 3.06. The topological polar surface area (TPSA) is 42.7 Å². The van der Waals surface area contributed by atoms with Gasteiger partial charge in [0.2, 0.25) is 0 Å². The molecule has 3 aromatic rings. The summed E-state index contributed by atoms with van der Waals surface area (Å²) in [5.74, 6) is 1.39. The Hall–Kier alpha value is -2.62. The van der Waals surface area contributed by atoms with Crippen LogP contribution in [0.4, 0.5) is 5.82 Å². The molecule has 1 saturated carbocycles. The zero-order chi connectivity index (χ0) is 23.5. The lowest BCUT2D eigenvalue weighted by atomic mass is 9.92. The molecule has 2 aromatic heterocycles. The molecule has 1 unspecified atom stereocenters. The van der Waals surface area contributed by atoms with Crippen LogP contribution in [0, 0.1) is 23.7 Å². The van der Waals surface area contributed by atoms with Crippen LogP contribution in [-0.2, 0) is 19.4 Å². The lowest BCUT2D eigenvalue weighted by Gasteiger charge is -2.17. The number of benzene rings is 1. The molecule has 1 fully saturated rings. The molecule has 2 aliphatic rings. The normalized spacial score (nSPS) is 19.0. The first-order chi connectivity index (χ1) is 15.5. The average molecular weight is 443 g/mol. The number of hydrogen-bond donors (Lipinski definition) is 1. The van der Waals surface area contributed by atoms with Gasteiger partial charge in [-0.1, -0.05) is 53.3 Å². The summed E-state index contributed by atoms with van der Waals surface area (Å²) in [5, 5.41) is 9.65. The van der Waals surface area contributed by atoms with Crippen LogP contribution in [0.25, 0.3) is 22.2 Å². The number of fused-ring (bicyclic) bond motifs is 2. The number of pyridine rings is 1. The standard InChI is InChI=1S/C29H38N4/c1-18-13-21(14-20-9-8-10-23(18)20)22-15-24-26(31-19(2)25-16-29(25,6)7)32-33(27(24)30-17-22)12-11-28(3,4)5/h13-15,17,25H,2,8-12,16H2,1,3-7H3,(H,31,32). The van der Waals surface area contributed by atoms with Crippen molar-refractivity contribution in [2.24, 2.45) is 16.7 Å². The van der Waals surface area contributed by atoms with E-state index in [9.17, 15) is 0 Å². The number of anilines is 1. The van der Waals surface area contributed by atoms with Crippen LogP contribution in [0.5, 0.6) is 0 Å². The minimum Gasteiger partial charge on any atom is -0.342 e. The second kappa shape index (κ2) is 7.72. The first-order valence-corrected chi connectivity index (χ1v) is 12.5. The summed E-state index contributed by atoms with van der Waals surface area (Å²) < 4.78 is 2.08. The second-order valence-corrected chi connectivity index (χ2v) is 12.2. The van der Waals surface area contributed by atoms with Gasteiger partial charge in [-0.15, -0.1) is 0 Å². The van der Waals surface area contributed by atoms with Gasteiger partial charge in [-0.05, 0) is 78.2 Å². The third-order valence-electron chi connectivity index (χ3n) is 7.65. The van der Waals surface area contributed by atoms with E-state index in [1.807, 2.05) is 6.20 Å². The predicted molar refractivity (Wildman–Crippen MR) is 138 cm³/mol. The van der Waals surface area contributed by atoms with Crippen molar-refractivity contribution < 1.29 is 0 Å². The van der Waals surface area contributed by atoms with E-state index in [1.165, 1.54) is 42.4 Å². The highest BCUT2D eigenvalue weighted by molar-refractivity contribution is 5.91. The van der Waals surface area contributed by atoms with Crippen molar-refractivity contribution in [1.29, 1.82) is 0 Å². The van der Waals surface area contributed by atoms with Crippen molar-refractivity contribution in [3.63, 3.8) is 0 Å². The fourth-order valence-corrected chi connectivity index (χ4v) is 5.30. The van der Waals surface area contributed by atoms with Gasteiger partial charge in [0.05, 0.1) is 5.39 Å². The van der Waals surface area contributed by atoms with E-state index in [-0.39, 0.29) is 5.41 Å². The first kappa shape index (κ1) is 22.2. The maximum Gasteiger partial charge on any atom is 0.161 e. The maximum atomic E-state index is 4.98. The zero-order valence-corrected chi connectivity index (χ0v) is 21.2. The molecule has 2 heterocycles. The summed E-state index contributed by atoms with van der Waals surface area (Å²) >= 11 is 0. The quantitative estimate of drug-likeness (QED) is 0.435. The highest BCUT2D eigenvalue weighted by atomic mass is 15.3. The van der Waals surface area contributed by atoms with E-state index < -0.39 is 0 Å². The van der Waals surface area contributed by atoms with Gasteiger partial charge in [0, 0.05) is 29.9 Å². The maximum absolute atomic E-state index is 4.98. The molecule has 0 radical (unpaired) electrons. The summed E-state index contributed by atoms with van der Waals surface area (Å²) in [6, 6.07) is 6.98. The zero-order valence-electron chi connectivity index (χ0n) is 21.2. The summed E-state index contributed by atoms with van der Waals surface area (Å²) in [5.41, 5.74) is 9.49. The van der Waals surface area contributed by atoms with Crippen molar-refractivity contribution >= 4 is 16.9 Å². The van der Waals surface area contributed by atoms with Gasteiger partial charge < -0.3 is 5.32 Å². The second-order valence-electron chi connectivity index (χ2n) is 12.2. The van der Waals surface area contributed by atoms with E-state index in [1.54, 1.807) is 5.56 Å². The molecular weight excluding hydrogens is 404 g/mol. The van der Waals surface area contributed by atoms with E-state index in [0.29, 0.717) is 11.3 Å². The highest BCUT2D eigenvalue weighted by Crippen LogP contribution is 2.55. The monoisotopic (exact) mass is 442 g/mol. The molecule has 0 saturated heterocycles. The molecule has 2 aliphatic carbocycles. The number of nitrogens with zero attached hydrogens (tertiary/aromatic N) is 3. The minimum atomic E-state index is 0.245. The molecule has 174 valence electrons. The lowest BCUT2D eigenvalue weighted by molar-refractivity contribution is 0.344. The van der Waals surface area contributed by atoms with Crippen molar-refractivity contribution in [3.05, 3.63) is 53.4 Å². The predicted octanol–water partition coefficient (Wildman–Crippen LogP) is 7.30. The molecule has 1 aromatic carbocycles. The van der Waals surface area contributed by atoms with E-state index in [2.05, 4.69) is 76.3 Å². The van der Waals surface area contributed by atoms with Crippen LogP contribution in [-0.4, -0.2) is 14.8 Å². The molecule has 5 rings (SSSR count). The van der Waals surface area contributed by atoms with E-state index >= 15 is 0 Å². The van der Waals surface area contributed by atoms with Gasteiger partial charge in [-0.25, -0.2) is 9.67 Å². The molecule has 0 aliphatic heterocycles. The Morgan fingerprint density at radius 1 is 1.18 bits per heavy atom. The summed E-state index contributed by atoms with van der Waals surface area (Å²) in [6.07, 6.45) is 7.93. The van der Waals surface area contributed by atoms with Gasteiger partial charge in [0.25, 0.3) is 0 Å². The van der Waals surface area contributed by atoms with Crippen LogP contribution in [0.2, 0.25) is 0 Å². The Morgan fingerprint density at radius 3 is 2.64 bits per heavy atom. The van der Waals surface area contributed by atoms with Crippen LogP contribution < -0.4 is 5.32 Å². The molecular formula is C29H38N4. The molecule has 0 spiro atoms. The van der Waals surface area contributed by atoms with Gasteiger partial charge in [0.15, 0.2) is 11.5 Å². The highest BCUT2D eigenvalue weighted by Gasteiger charge is 2.47. The molecule has 33 heavy (non-hydrogen) atoms. The summed E-state index contributed by atoms with van der Waals surface area (Å²) in [4.78, 5) is 4.93. The Bertz CT molecular complexity index is 1240. The van der Waals surface area contributed by atoms with Crippen molar-refractivity contribution in [2.45, 2.75) is 80.2 Å². The van der Waals surface area contributed by atoms with Crippen molar-refractivity contribution in [3.8, 4) is 11.1 Å². The molecule has 4 nitrogen and oxygen atoms in total. The summed E-state index contributed by atoms with van der Waals surface area (Å²) in [6.45, 7) is 18.9. The molecule has 0 amide bonds. The van der Waals surface area contributed by atoms with Crippen LogP contribution >= 0.6 is 0 Å². The third-order valence-corrected chi connectivity index (χ3v) is 7.65. The minimum absolute atomic E-state index is 0.245. The van der Waals surface area contributed by atoms with Gasteiger partial charge in [-0.3, -0.25) is 0 Å². The molecule has 0 bridgehead atoms. The van der Waals surface area contributed by atoms with Gasteiger partial charge in [-0.2, -0.15) is 5.10 Å². The molecule has 1 N–H and O–H groups in total. The first-order valence-electron chi connectivity index (χ1n) is 12.5. The number of allylic oxidation sites excluding steroid dienone is 1. The van der Waals surface area contributed by atoms with Gasteiger partial charge in [0.1, 0.15) is 0 Å². The van der Waals surface area contributed by atoms with Crippen molar-refractivity contribution in [1.82, 2.24) is 14.8 Å². The number of aromatic nitrogens is 3. The van der Waals surface area contributed by atoms with E-state index in [0.717, 1.165) is 41.1 Å². The van der Waals surface area contributed by atoms with Gasteiger partial charge >= 0.3 is 0 Å². The smallest absolute Gasteiger partial charge is 0.161 e. The lowest BCUT2D eigenvalue weighted by Crippen LogP contribution is -2.12. The van der Waals surface area contributed by atoms with Crippen LogP contribution in [0.1, 0.15) is 70.6 Å². The number of hydrogen-bond acceptors (Lipinski definition) is 3. The largest absolute Gasteiger partial charge is 0.342 e. The Labute approximate surface area is 198 Å². The van der Waals surface area contributed by atoms with Crippen LogP contribution in [0.3, 0.4) is 0 Å². The number of nitrogens with one attached hydrogen (secondary N) is 1.